The Hall–Kier alpha value is -1.42. The molecule has 4 heteroatoms. The minimum absolute atomic E-state index is 0.222. The first kappa shape index (κ1) is 13.6. The Bertz CT molecular complexity index is 354. The molecule has 0 aliphatic carbocycles. The van der Waals surface area contributed by atoms with Gasteiger partial charge in [-0.2, -0.15) is 0 Å². The third-order valence-corrected chi connectivity index (χ3v) is 2.79. The monoisotopic (exact) mass is 236 g/mol. The summed E-state index contributed by atoms with van der Waals surface area (Å²) >= 11 is 0. The summed E-state index contributed by atoms with van der Waals surface area (Å²) in [6, 6.07) is 3.84. The summed E-state index contributed by atoms with van der Waals surface area (Å²) in [6.07, 6.45) is 4.82. The van der Waals surface area contributed by atoms with Crippen LogP contribution in [-0.2, 0) is 15.1 Å². The van der Waals surface area contributed by atoms with Gasteiger partial charge in [0.25, 0.3) is 0 Å². The molecule has 4 nitrogen and oxygen atoms in total. The van der Waals surface area contributed by atoms with Gasteiger partial charge in [-0.15, -0.1) is 0 Å². The van der Waals surface area contributed by atoms with E-state index in [0.717, 1.165) is 18.5 Å². The number of nitrogens with zero attached hydrogens (tertiary/aromatic N) is 1. The van der Waals surface area contributed by atoms with E-state index in [0.29, 0.717) is 6.42 Å². The minimum Gasteiger partial charge on any atom is -0.469 e. The summed E-state index contributed by atoms with van der Waals surface area (Å²) in [5.74, 6) is -0.222. The van der Waals surface area contributed by atoms with Crippen LogP contribution in [0.3, 0.4) is 0 Å². The van der Waals surface area contributed by atoms with Gasteiger partial charge >= 0.3 is 5.97 Å². The smallest absolute Gasteiger partial charge is 0.307 e. The number of ether oxygens (including phenoxy) is 1. The first-order valence-corrected chi connectivity index (χ1v) is 5.84. The Labute approximate surface area is 102 Å². The van der Waals surface area contributed by atoms with Crippen LogP contribution in [0.5, 0.6) is 0 Å². The largest absolute Gasteiger partial charge is 0.469 e. The Balaban J connectivity index is 2.89. The summed E-state index contributed by atoms with van der Waals surface area (Å²) in [7, 11) is 1.41. The molecule has 1 aromatic rings. The van der Waals surface area contributed by atoms with Crippen LogP contribution in [0.4, 0.5) is 0 Å². The van der Waals surface area contributed by atoms with Crippen LogP contribution in [0.25, 0.3) is 0 Å². The van der Waals surface area contributed by atoms with Gasteiger partial charge in [-0.3, -0.25) is 9.78 Å². The Morgan fingerprint density at radius 3 is 2.88 bits per heavy atom. The molecule has 0 aromatic carbocycles. The van der Waals surface area contributed by atoms with Crippen LogP contribution in [0.1, 0.15) is 32.3 Å². The van der Waals surface area contributed by atoms with E-state index in [9.17, 15) is 4.79 Å². The molecule has 0 saturated carbocycles. The molecule has 1 unspecified atom stereocenters. The van der Waals surface area contributed by atoms with E-state index in [-0.39, 0.29) is 5.97 Å². The van der Waals surface area contributed by atoms with Crippen LogP contribution in [-0.4, -0.2) is 24.6 Å². The van der Waals surface area contributed by atoms with Crippen molar-refractivity contribution in [3.05, 3.63) is 30.1 Å². The molecule has 1 heterocycles. The van der Waals surface area contributed by atoms with Crippen molar-refractivity contribution < 1.29 is 9.53 Å². The third kappa shape index (κ3) is 3.82. The Kier molecular flexibility index (Phi) is 5.10. The molecular weight excluding hydrogens is 216 g/mol. The highest BCUT2D eigenvalue weighted by Gasteiger charge is 2.29. The van der Waals surface area contributed by atoms with E-state index in [1.807, 2.05) is 19.1 Å². The fourth-order valence-electron chi connectivity index (χ4n) is 1.72. The van der Waals surface area contributed by atoms with Gasteiger partial charge in [0, 0.05) is 12.4 Å². The van der Waals surface area contributed by atoms with Gasteiger partial charge in [-0.05, 0) is 31.5 Å². The topological polar surface area (TPSA) is 51.2 Å². The van der Waals surface area contributed by atoms with Gasteiger partial charge in [0.05, 0.1) is 19.1 Å². The van der Waals surface area contributed by atoms with E-state index >= 15 is 0 Å². The number of hydrogen-bond acceptors (Lipinski definition) is 4. The molecule has 0 aliphatic heterocycles. The number of esters is 1. The predicted octanol–water partition coefficient (Wildman–Crippen LogP) is 1.86. The van der Waals surface area contributed by atoms with E-state index in [2.05, 4.69) is 17.2 Å². The average Bonchev–Trinajstić information content (AvgIpc) is 2.37. The van der Waals surface area contributed by atoms with Crippen molar-refractivity contribution in [3.8, 4) is 0 Å². The zero-order valence-electron chi connectivity index (χ0n) is 10.7. The summed E-state index contributed by atoms with van der Waals surface area (Å²) < 4.78 is 4.75. The number of carbonyl (C=O) groups is 1. The summed E-state index contributed by atoms with van der Waals surface area (Å²) in [6.45, 7) is 4.94. The van der Waals surface area contributed by atoms with E-state index < -0.39 is 5.54 Å². The van der Waals surface area contributed by atoms with Crippen LogP contribution in [0.15, 0.2) is 24.5 Å². The second kappa shape index (κ2) is 6.35. The van der Waals surface area contributed by atoms with Crippen molar-refractivity contribution in [2.75, 3.05) is 13.7 Å². The maximum Gasteiger partial charge on any atom is 0.307 e. The van der Waals surface area contributed by atoms with Gasteiger partial charge in [-0.1, -0.05) is 13.0 Å². The van der Waals surface area contributed by atoms with E-state index in [1.165, 1.54) is 7.11 Å². The van der Waals surface area contributed by atoms with Crippen molar-refractivity contribution in [1.29, 1.82) is 0 Å². The molecule has 0 aliphatic rings. The lowest BCUT2D eigenvalue weighted by Crippen LogP contribution is -2.42. The van der Waals surface area contributed by atoms with Gasteiger partial charge < -0.3 is 10.1 Å². The fraction of sp³-hybridized carbons (Fsp3) is 0.538. The van der Waals surface area contributed by atoms with Crippen LogP contribution in [0.2, 0.25) is 0 Å². The standard InChI is InChI=1S/C13H20N2O2/c1-4-7-15-13(2,9-12(16)17-3)11-6-5-8-14-10-11/h5-6,8,10,15H,4,7,9H2,1-3H3. The van der Waals surface area contributed by atoms with Crippen molar-refractivity contribution in [3.63, 3.8) is 0 Å². The van der Waals surface area contributed by atoms with E-state index in [1.54, 1.807) is 12.4 Å². The molecule has 0 fully saturated rings. The number of rotatable bonds is 6. The second-order valence-electron chi connectivity index (χ2n) is 4.25. The molecule has 1 aromatic heterocycles. The summed E-state index contributed by atoms with van der Waals surface area (Å²) in [5, 5.41) is 3.39. The normalized spacial score (nSPS) is 14.1. The molecule has 0 radical (unpaired) electrons. The van der Waals surface area contributed by atoms with Gasteiger partial charge in [0.2, 0.25) is 0 Å². The summed E-state index contributed by atoms with van der Waals surface area (Å²) in [4.78, 5) is 15.6. The molecular formula is C13H20N2O2. The van der Waals surface area contributed by atoms with Gasteiger partial charge in [-0.25, -0.2) is 0 Å². The highest BCUT2D eigenvalue weighted by molar-refractivity contribution is 5.71. The van der Waals surface area contributed by atoms with Crippen molar-refractivity contribution in [1.82, 2.24) is 10.3 Å². The number of carbonyl (C=O) groups excluding carboxylic acids is 1. The van der Waals surface area contributed by atoms with Crippen molar-refractivity contribution in [2.45, 2.75) is 32.2 Å². The highest BCUT2D eigenvalue weighted by Crippen LogP contribution is 2.24. The quantitative estimate of drug-likeness (QED) is 0.766. The van der Waals surface area contributed by atoms with Crippen molar-refractivity contribution >= 4 is 5.97 Å². The molecule has 0 amide bonds. The molecule has 17 heavy (non-hydrogen) atoms. The first-order valence-electron chi connectivity index (χ1n) is 5.84. The zero-order chi connectivity index (χ0) is 12.7. The third-order valence-electron chi connectivity index (χ3n) is 2.79. The molecule has 0 bridgehead atoms. The average molecular weight is 236 g/mol. The first-order chi connectivity index (χ1) is 8.12. The summed E-state index contributed by atoms with van der Waals surface area (Å²) in [5.41, 5.74) is 0.580. The SMILES string of the molecule is CCCNC(C)(CC(=O)OC)c1cccnc1. The van der Waals surface area contributed by atoms with Crippen LogP contribution >= 0.6 is 0 Å². The molecule has 1 rings (SSSR count). The number of hydrogen-bond donors (Lipinski definition) is 1. The second-order valence-corrected chi connectivity index (χ2v) is 4.25. The van der Waals surface area contributed by atoms with Crippen LogP contribution < -0.4 is 5.32 Å². The number of methoxy groups -OCH3 is 1. The van der Waals surface area contributed by atoms with Gasteiger partial charge in [0.15, 0.2) is 0 Å². The van der Waals surface area contributed by atoms with Gasteiger partial charge in [0.1, 0.15) is 0 Å². The maximum atomic E-state index is 11.5. The molecule has 94 valence electrons. The lowest BCUT2D eigenvalue weighted by molar-refractivity contribution is -0.142. The van der Waals surface area contributed by atoms with E-state index in [4.69, 9.17) is 4.74 Å². The molecule has 0 spiro atoms. The minimum atomic E-state index is -0.419. The Morgan fingerprint density at radius 2 is 2.35 bits per heavy atom. The van der Waals surface area contributed by atoms with Crippen LogP contribution in [0, 0.1) is 0 Å². The Morgan fingerprint density at radius 1 is 1.59 bits per heavy atom. The molecule has 1 atom stereocenters. The number of aromatic nitrogens is 1. The fourth-order valence-corrected chi connectivity index (χ4v) is 1.72. The number of pyridine rings is 1. The molecule has 1 N–H and O–H groups in total. The molecule has 0 saturated heterocycles. The van der Waals surface area contributed by atoms with Crippen molar-refractivity contribution in [2.24, 2.45) is 0 Å². The zero-order valence-corrected chi connectivity index (χ0v) is 10.7. The lowest BCUT2D eigenvalue weighted by atomic mass is 9.89. The number of nitrogens with one attached hydrogen (secondary N) is 1. The highest BCUT2D eigenvalue weighted by atomic mass is 16.5. The maximum absolute atomic E-state index is 11.5. The lowest BCUT2D eigenvalue weighted by Gasteiger charge is -2.30. The predicted molar refractivity (Wildman–Crippen MR) is 66.5 cm³/mol.